The normalized spacial score (nSPS) is 24.8. The molecule has 0 aliphatic carbocycles. The van der Waals surface area contributed by atoms with Crippen LogP contribution in [0.15, 0.2) is 12.5 Å². The van der Waals surface area contributed by atoms with Gasteiger partial charge in [-0.2, -0.15) is 0 Å². The summed E-state index contributed by atoms with van der Waals surface area (Å²) in [6.07, 6.45) is 3.18. The van der Waals surface area contributed by atoms with Gasteiger partial charge in [0, 0.05) is 18.8 Å². The summed E-state index contributed by atoms with van der Waals surface area (Å²) in [7, 11) is 0. The first-order chi connectivity index (χ1) is 7.59. The summed E-state index contributed by atoms with van der Waals surface area (Å²) < 4.78 is 0. The Balaban J connectivity index is 2.23. The lowest BCUT2D eigenvalue weighted by Crippen LogP contribution is -2.35. The van der Waals surface area contributed by atoms with E-state index in [1.807, 2.05) is 6.92 Å². The molecule has 2 unspecified atom stereocenters. The SMILES string of the molecule is Cc1ncncc1C(=O)N1CC(O)CC1C. The summed E-state index contributed by atoms with van der Waals surface area (Å²) in [4.78, 5) is 21.7. The van der Waals surface area contributed by atoms with E-state index in [0.29, 0.717) is 24.2 Å². The van der Waals surface area contributed by atoms with E-state index < -0.39 is 6.10 Å². The number of β-amino-alcohol motifs (C(OH)–C–C–N with tert-alkyl or cyclic N) is 1. The van der Waals surface area contributed by atoms with E-state index in [9.17, 15) is 9.90 Å². The zero-order valence-corrected chi connectivity index (χ0v) is 9.42. The van der Waals surface area contributed by atoms with E-state index in [4.69, 9.17) is 0 Å². The van der Waals surface area contributed by atoms with Gasteiger partial charge in [-0.05, 0) is 20.3 Å². The number of rotatable bonds is 1. The van der Waals surface area contributed by atoms with Gasteiger partial charge in [-0.3, -0.25) is 4.79 Å². The third-order valence-electron chi connectivity index (χ3n) is 2.96. The molecule has 5 nitrogen and oxygen atoms in total. The number of amides is 1. The van der Waals surface area contributed by atoms with E-state index in [1.54, 1.807) is 11.8 Å². The van der Waals surface area contributed by atoms with Gasteiger partial charge in [0.2, 0.25) is 0 Å². The van der Waals surface area contributed by atoms with Gasteiger partial charge < -0.3 is 10.0 Å². The second kappa shape index (κ2) is 4.17. The average molecular weight is 221 g/mol. The molecule has 1 amide bonds. The summed E-state index contributed by atoms with van der Waals surface area (Å²) in [5.41, 5.74) is 1.19. The molecule has 1 aromatic heterocycles. The van der Waals surface area contributed by atoms with Crippen molar-refractivity contribution in [1.82, 2.24) is 14.9 Å². The van der Waals surface area contributed by atoms with Crippen LogP contribution in [0.4, 0.5) is 0 Å². The number of hydrogen-bond acceptors (Lipinski definition) is 4. The van der Waals surface area contributed by atoms with Crippen molar-refractivity contribution < 1.29 is 9.90 Å². The molecule has 0 aromatic carbocycles. The molecule has 0 saturated carbocycles. The Morgan fingerprint density at radius 2 is 2.38 bits per heavy atom. The highest BCUT2D eigenvalue weighted by Gasteiger charge is 2.32. The molecule has 1 fully saturated rings. The molecule has 0 spiro atoms. The fourth-order valence-electron chi connectivity index (χ4n) is 2.04. The van der Waals surface area contributed by atoms with Crippen molar-refractivity contribution >= 4 is 5.91 Å². The number of aliphatic hydroxyl groups excluding tert-OH is 1. The maximum Gasteiger partial charge on any atom is 0.257 e. The Bertz CT molecular complexity index is 408. The van der Waals surface area contributed by atoms with Crippen LogP contribution in [0.5, 0.6) is 0 Å². The number of aromatic nitrogens is 2. The van der Waals surface area contributed by atoms with Gasteiger partial charge in [0.1, 0.15) is 6.33 Å². The number of aryl methyl sites for hydroxylation is 1. The van der Waals surface area contributed by atoms with E-state index in [1.165, 1.54) is 12.5 Å². The van der Waals surface area contributed by atoms with Gasteiger partial charge in [-0.1, -0.05) is 0 Å². The van der Waals surface area contributed by atoms with E-state index in [2.05, 4.69) is 9.97 Å². The molecule has 16 heavy (non-hydrogen) atoms. The van der Waals surface area contributed by atoms with Gasteiger partial charge in [-0.25, -0.2) is 9.97 Å². The van der Waals surface area contributed by atoms with Crippen molar-refractivity contribution in [2.24, 2.45) is 0 Å². The fourth-order valence-corrected chi connectivity index (χ4v) is 2.04. The van der Waals surface area contributed by atoms with Crippen molar-refractivity contribution in [3.05, 3.63) is 23.8 Å². The van der Waals surface area contributed by atoms with Crippen LogP contribution in [-0.4, -0.2) is 44.6 Å². The molecule has 1 N–H and O–H groups in total. The first kappa shape index (κ1) is 11.0. The molecular weight excluding hydrogens is 206 g/mol. The molecule has 2 atom stereocenters. The van der Waals surface area contributed by atoms with Crippen LogP contribution in [0, 0.1) is 6.92 Å². The molecule has 1 aliphatic rings. The third kappa shape index (κ3) is 1.90. The van der Waals surface area contributed by atoms with Gasteiger partial charge in [-0.15, -0.1) is 0 Å². The van der Waals surface area contributed by atoms with Gasteiger partial charge in [0.05, 0.1) is 17.4 Å². The van der Waals surface area contributed by atoms with Crippen LogP contribution in [0.2, 0.25) is 0 Å². The molecular formula is C11H15N3O2. The Morgan fingerprint density at radius 3 is 2.94 bits per heavy atom. The van der Waals surface area contributed by atoms with Crippen molar-refractivity contribution in [3.8, 4) is 0 Å². The van der Waals surface area contributed by atoms with Crippen molar-refractivity contribution in [3.63, 3.8) is 0 Å². The molecule has 2 rings (SSSR count). The maximum atomic E-state index is 12.2. The van der Waals surface area contributed by atoms with Crippen LogP contribution in [0.25, 0.3) is 0 Å². The van der Waals surface area contributed by atoms with Crippen LogP contribution < -0.4 is 0 Å². The largest absolute Gasteiger partial charge is 0.391 e. The second-order valence-corrected chi connectivity index (χ2v) is 4.22. The molecule has 1 aliphatic heterocycles. The summed E-state index contributed by atoms with van der Waals surface area (Å²) in [5, 5.41) is 9.51. The standard InChI is InChI=1S/C11H15N3O2/c1-7-3-9(15)5-14(7)11(16)10-4-12-6-13-8(10)2/h4,6-7,9,15H,3,5H2,1-2H3. The topological polar surface area (TPSA) is 66.3 Å². The summed E-state index contributed by atoms with van der Waals surface area (Å²) in [5.74, 6) is -0.0952. The minimum atomic E-state index is -0.413. The zero-order chi connectivity index (χ0) is 11.7. The minimum Gasteiger partial charge on any atom is -0.391 e. The summed E-state index contributed by atoms with van der Waals surface area (Å²) in [6, 6.07) is 0.0714. The average Bonchev–Trinajstić information content (AvgIpc) is 2.58. The van der Waals surface area contributed by atoms with E-state index >= 15 is 0 Å². The summed E-state index contributed by atoms with van der Waals surface area (Å²) >= 11 is 0. The molecule has 5 heteroatoms. The number of nitrogens with zero attached hydrogens (tertiary/aromatic N) is 3. The first-order valence-electron chi connectivity index (χ1n) is 5.35. The molecule has 1 aromatic rings. The lowest BCUT2D eigenvalue weighted by Gasteiger charge is -2.21. The third-order valence-corrected chi connectivity index (χ3v) is 2.96. The first-order valence-corrected chi connectivity index (χ1v) is 5.35. The van der Waals surface area contributed by atoms with Gasteiger partial charge in [0.15, 0.2) is 0 Å². The number of hydrogen-bond donors (Lipinski definition) is 1. The molecule has 0 bridgehead atoms. The predicted octanol–water partition coefficient (Wildman–Crippen LogP) is 0.380. The molecule has 86 valence electrons. The number of carbonyl (C=O) groups excluding carboxylic acids is 1. The molecule has 1 saturated heterocycles. The lowest BCUT2D eigenvalue weighted by molar-refractivity contribution is 0.0724. The number of likely N-dealkylation sites (tertiary alicyclic amines) is 1. The molecule has 2 heterocycles. The van der Waals surface area contributed by atoms with Crippen LogP contribution in [0.3, 0.4) is 0 Å². The Morgan fingerprint density at radius 1 is 1.62 bits per heavy atom. The second-order valence-electron chi connectivity index (χ2n) is 4.22. The lowest BCUT2D eigenvalue weighted by atomic mass is 10.2. The number of carbonyl (C=O) groups is 1. The van der Waals surface area contributed by atoms with E-state index in [-0.39, 0.29) is 11.9 Å². The van der Waals surface area contributed by atoms with Crippen molar-refractivity contribution in [2.45, 2.75) is 32.4 Å². The fraction of sp³-hybridized carbons (Fsp3) is 0.545. The minimum absolute atomic E-state index is 0.0714. The monoisotopic (exact) mass is 221 g/mol. The van der Waals surface area contributed by atoms with Crippen molar-refractivity contribution in [1.29, 1.82) is 0 Å². The molecule has 0 radical (unpaired) electrons. The highest BCUT2D eigenvalue weighted by molar-refractivity contribution is 5.95. The summed E-state index contributed by atoms with van der Waals surface area (Å²) in [6.45, 7) is 4.12. The Labute approximate surface area is 94.1 Å². The smallest absolute Gasteiger partial charge is 0.257 e. The predicted molar refractivity (Wildman–Crippen MR) is 57.9 cm³/mol. The van der Waals surface area contributed by atoms with Crippen molar-refractivity contribution in [2.75, 3.05) is 6.54 Å². The highest BCUT2D eigenvalue weighted by atomic mass is 16.3. The van der Waals surface area contributed by atoms with Crippen LogP contribution >= 0.6 is 0 Å². The Hall–Kier alpha value is -1.49. The van der Waals surface area contributed by atoms with Gasteiger partial charge >= 0.3 is 0 Å². The number of aliphatic hydroxyl groups is 1. The maximum absolute atomic E-state index is 12.2. The highest BCUT2D eigenvalue weighted by Crippen LogP contribution is 2.20. The zero-order valence-electron chi connectivity index (χ0n) is 9.42. The Kier molecular flexibility index (Phi) is 2.87. The van der Waals surface area contributed by atoms with E-state index in [0.717, 1.165) is 0 Å². The quantitative estimate of drug-likeness (QED) is 0.744. The van der Waals surface area contributed by atoms with Crippen LogP contribution in [0.1, 0.15) is 29.4 Å². The van der Waals surface area contributed by atoms with Gasteiger partial charge in [0.25, 0.3) is 5.91 Å². The van der Waals surface area contributed by atoms with Crippen LogP contribution in [-0.2, 0) is 0 Å².